The predicted octanol–water partition coefficient (Wildman–Crippen LogP) is 1.09. The maximum Gasteiger partial charge on any atom is 0.339 e. The lowest BCUT2D eigenvalue weighted by Gasteiger charge is -2.12. The van der Waals surface area contributed by atoms with Gasteiger partial charge in [-0.1, -0.05) is 21.2 Å². The standard InChI is InChI=1S/C9H7ClN4O5S2/c1-19-7-5(8(15)16)2-4(10)3-6(7)21(17,18)12-9-11-13-14-20-9/h2-3H,1H3,(H,15,16)(H,11,12,14). The van der Waals surface area contributed by atoms with Gasteiger partial charge in [-0.3, -0.25) is 4.72 Å². The highest BCUT2D eigenvalue weighted by atomic mass is 35.5. The van der Waals surface area contributed by atoms with E-state index in [1.54, 1.807) is 0 Å². The summed E-state index contributed by atoms with van der Waals surface area (Å²) < 4.78 is 35.0. The highest BCUT2D eigenvalue weighted by Crippen LogP contribution is 2.33. The molecule has 2 aromatic rings. The first kappa shape index (κ1) is 15.4. The minimum Gasteiger partial charge on any atom is -0.494 e. The van der Waals surface area contributed by atoms with Crippen LogP contribution >= 0.6 is 23.1 Å². The molecule has 0 fully saturated rings. The Labute approximate surface area is 127 Å². The summed E-state index contributed by atoms with van der Waals surface area (Å²) >= 11 is 6.48. The zero-order chi connectivity index (χ0) is 15.6. The number of aromatic nitrogens is 3. The third kappa shape index (κ3) is 3.20. The van der Waals surface area contributed by atoms with Crippen LogP contribution in [-0.2, 0) is 10.0 Å². The lowest BCUT2D eigenvalue weighted by atomic mass is 10.2. The molecule has 0 amide bonds. The number of nitrogens with zero attached hydrogens (tertiary/aromatic N) is 3. The topological polar surface area (TPSA) is 131 Å². The van der Waals surface area contributed by atoms with Crippen LogP contribution in [0.5, 0.6) is 5.75 Å². The summed E-state index contributed by atoms with van der Waals surface area (Å²) in [4.78, 5) is 10.7. The molecule has 2 rings (SSSR count). The summed E-state index contributed by atoms with van der Waals surface area (Å²) in [6.45, 7) is 0. The van der Waals surface area contributed by atoms with Crippen LogP contribution in [0.1, 0.15) is 10.4 Å². The minimum absolute atomic E-state index is 0.0658. The smallest absolute Gasteiger partial charge is 0.339 e. The number of hydrogen-bond acceptors (Lipinski definition) is 8. The third-order valence-corrected chi connectivity index (χ3v) is 4.47. The number of aromatic carboxylic acids is 1. The lowest BCUT2D eigenvalue weighted by Crippen LogP contribution is -2.15. The van der Waals surface area contributed by atoms with Crippen LogP contribution in [0.2, 0.25) is 5.02 Å². The molecule has 0 saturated heterocycles. The van der Waals surface area contributed by atoms with Gasteiger partial charge in [0.2, 0.25) is 5.13 Å². The molecule has 0 bridgehead atoms. The first-order chi connectivity index (χ1) is 9.85. The summed E-state index contributed by atoms with van der Waals surface area (Å²) in [6, 6.07) is 2.16. The molecule has 0 radical (unpaired) electrons. The molecule has 112 valence electrons. The van der Waals surface area contributed by atoms with E-state index >= 15 is 0 Å². The van der Waals surface area contributed by atoms with Gasteiger partial charge in [0.05, 0.1) is 7.11 Å². The Bertz CT molecular complexity index is 778. The number of carbonyl (C=O) groups is 1. The van der Waals surface area contributed by atoms with Gasteiger partial charge in [-0.25, -0.2) is 13.2 Å². The van der Waals surface area contributed by atoms with Crippen molar-refractivity contribution in [2.24, 2.45) is 0 Å². The largest absolute Gasteiger partial charge is 0.494 e. The van der Waals surface area contributed by atoms with Crippen molar-refractivity contribution >= 4 is 44.3 Å². The molecule has 0 aliphatic rings. The molecule has 0 atom stereocenters. The number of halogens is 1. The van der Waals surface area contributed by atoms with Crippen LogP contribution in [0.25, 0.3) is 0 Å². The van der Waals surface area contributed by atoms with Crippen LogP contribution in [0.3, 0.4) is 0 Å². The number of anilines is 1. The average molecular weight is 351 g/mol. The van der Waals surface area contributed by atoms with Crippen molar-refractivity contribution in [3.8, 4) is 5.75 Å². The molecule has 0 spiro atoms. The molecule has 0 saturated carbocycles. The second kappa shape index (κ2) is 5.79. The van der Waals surface area contributed by atoms with Crippen molar-refractivity contribution in [3.63, 3.8) is 0 Å². The molecule has 1 heterocycles. The number of methoxy groups -OCH3 is 1. The van der Waals surface area contributed by atoms with Gasteiger partial charge in [0.15, 0.2) is 5.75 Å². The van der Waals surface area contributed by atoms with Gasteiger partial charge in [-0.05, 0) is 17.3 Å². The molecular formula is C9H7ClN4O5S2. The van der Waals surface area contributed by atoms with Crippen molar-refractivity contribution in [2.75, 3.05) is 11.8 Å². The van der Waals surface area contributed by atoms with Gasteiger partial charge >= 0.3 is 5.97 Å². The maximum absolute atomic E-state index is 12.3. The van der Waals surface area contributed by atoms with Crippen LogP contribution in [0.4, 0.5) is 5.13 Å². The monoisotopic (exact) mass is 350 g/mol. The van der Waals surface area contributed by atoms with Crippen molar-refractivity contribution in [2.45, 2.75) is 4.90 Å². The normalized spacial score (nSPS) is 11.1. The van der Waals surface area contributed by atoms with E-state index in [-0.39, 0.29) is 21.5 Å². The molecule has 2 N–H and O–H groups in total. The van der Waals surface area contributed by atoms with Crippen LogP contribution in [0, 0.1) is 0 Å². The molecule has 1 aromatic heterocycles. The molecule has 21 heavy (non-hydrogen) atoms. The van der Waals surface area contributed by atoms with E-state index in [9.17, 15) is 13.2 Å². The fraction of sp³-hybridized carbons (Fsp3) is 0.111. The molecular weight excluding hydrogens is 344 g/mol. The molecule has 0 unspecified atom stereocenters. The Balaban J connectivity index is 2.59. The highest BCUT2D eigenvalue weighted by Gasteiger charge is 2.26. The number of nitrogens with one attached hydrogen (secondary N) is 1. The first-order valence-electron chi connectivity index (χ1n) is 5.14. The summed E-state index contributed by atoms with van der Waals surface area (Å²) in [6.07, 6.45) is 0. The van der Waals surface area contributed by atoms with Gasteiger partial charge in [0, 0.05) is 16.6 Å². The van der Waals surface area contributed by atoms with E-state index in [4.69, 9.17) is 21.4 Å². The number of carboxylic acid groups (broad SMARTS) is 1. The average Bonchev–Trinajstić information content (AvgIpc) is 2.89. The van der Waals surface area contributed by atoms with Crippen LogP contribution in [0.15, 0.2) is 17.0 Å². The SMILES string of the molecule is COc1c(C(=O)O)cc(Cl)cc1S(=O)(=O)Nc1nnns1. The maximum atomic E-state index is 12.3. The van der Waals surface area contributed by atoms with Crippen molar-refractivity contribution in [1.82, 2.24) is 14.8 Å². The zero-order valence-corrected chi connectivity index (χ0v) is 12.7. The van der Waals surface area contributed by atoms with Gasteiger partial charge in [-0.2, -0.15) is 0 Å². The number of hydrogen-bond donors (Lipinski definition) is 2. The van der Waals surface area contributed by atoms with E-state index in [0.29, 0.717) is 0 Å². The van der Waals surface area contributed by atoms with Gasteiger partial charge in [0.25, 0.3) is 10.0 Å². The highest BCUT2D eigenvalue weighted by molar-refractivity contribution is 7.93. The quantitative estimate of drug-likeness (QED) is 0.819. The third-order valence-electron chi connectivity index (χ3n) is 2.26. The van der Waals surface area contributed by atoms with Crippen molar-refractivity contribution in [3.05, 3.63) is 22.7 Å². The number of ether oxygens (including phenoxy) is 1. The fourth-order valence-corrected chi connectivity index (χ4v) is 3.57. The van der Waals surface area contributed by atoms with E-state index in [2.05, 4.69) is 19.5 Å². The molecule has 1 aromatic carbocycles. The van der Waals surface area contributed by atoms with Crippen LogP contribution < -0.4 is 9.46 Å². The summed E-state index contributed by atoms with van der Waals surface area (Å²) in [5.74, 6) is -1.71. The second-order valence-corrected chi connectivity index (χ2v) is 6.38. The number of rotatable bonds is 5. The molecule has 12 heteroatoms. The van der Waals surface area contributed by atoms with E-state index in [1.165, 1.54) is 0 Å². The first-order valence-corrected chi connectivity index (χ1v) is 7.77. The Morgan fingerprint density at radius 1 is 1.48 bits per heavy atom. The van der Waals surface area contributed by atoms with Crippen molar-refractivity contribution in [1.29, 1.82) is 0 Å². The number of carboxylic acids is 1. The fourth-order valence-electron chi connectivity index (χ4n) is 1.48. The van der Waals surface area contributed by atoms with Gasteiger partial charge in [-0.15, -0.1) is 0 Å². The van der Waals surface area contributed by atoms with Gasteiger partial charge < -0.3 is 9.84 Å². The zero-order valence-electron chi connectivity index (χ0n) is 10.3. The predicted molar refractivity (Wildman–Crippen MR) is 73.5 cm³/mol. The molecule has 9 nitrogen and oxygen atoms in total. The number of benzene rings is 1. The number of sulfonamides is 1. The Morgan fingerprint density at radius 3 is 2.71 bits per heavy atom. The van der Waals surface area contributed by atoms with Gasteiger partial charge in [0.1, 0.15) is 10.5 Å². The molecule has 0 aliphatic heterocycles. The molecule has 0 aliphatic carbocycles. The minimum atomic E-state index is -4.16. The summed E-state index contributed by atoms with van der Waals surface area (Å²) in [5, 5.41) is 15.6. The van der Waals surface area contributed by atoms with E-state index < -0.39 is 20.9 Å². The summed E-state index contributed by atoms with van der Waals surface area (Å²) in [7, 11) is -3.01. The van der Waals surface area contributed by atoms with Crippen molar-refractivity contribution < 1.29 is 23.1 Å². The Kier molecular flexibility index (Phi) is 4.25. The Morgan fingerprint density at radius 2 is 2.19 bits per heavy atom. The summed E-state index contributed by atoms with van der Waals surface area (Å²) in [5.41, 5.74) is -0.374. The lowest BCUT2D eigenvalue weighted by molar-refractivity contribution is 0.0693. The second-order valence-electron chi connectivity index (χ2n) is 3.56. The van der Waals surface area contributed by atoms with Crippen LogP contribution in [-0.4, -0.2) is 41.4 Å². The Hall–Kier alpha value is -1.98. The van der Waals surface area contributed by atoms with E-state index in [1.807, 2.05) is 0 Å². The van der Waals surface area contributed by atoms with E-state index in [0.717, 1.165) is 30.8 Å².